The Balaban J connectivity index is 1.95. The number of H-pyrrole nitrogens is 1. The van der Waals surface area contributed by atoms with Crippen molar-refractivity contribution < 1.29 is 0 Å². The number of terminal acetylenes is 1. The Bertz CT molecular complexity index is 640. The number of fused-ring (bicyclic) bond motifs is 1. The maximum Gasteiger partial charge on any atom is 0.258 e. The number of benzene rings is 1. The third kappa shape index (κ3) is 3.67. The molecule has 1 aromatic carbocycles. The summed E-state index contributed by atoms with van der Waals surface area (Å²) >= 11 is 0. The van der Waals surface area contributed by atoms with Crippen LogP contribution in [-0.2, 0) is 6.54 Å². The molecule has 0 unspecified atom stereocenters. The first-order chi connectivity index (χ1) is 9.31. The molecule has 0 bridgehead atoms. The lowest BCUT2D eigenvalue weighted by molar-refractivity contribution is 0.614. The molecule has 0 fully saturated rings. The minimum atomic E-state index is -0.0882. The van der Waals surface area contributed by atoms with Crippen molar-refractivity contribution in [1.29, 1.82) is 0 Å². The van der Waals surface area contributed by atoms with Gasteiger partial charge < -0.3 is 10.3 Å². The van der Waals surface area contributed by atoms with E-state index in [9.17, 15) is 4.79 Å². The van der Waals surface area contributed by atoms with E-state index in [4.69, 9.17) is 6.42 Å². The molecule has 4 nitrogen and oxygen atoms in total. The zero-order valence-corrected chi connectivity index (χ0v) is 10.8. The second kappa shape index (κ2) is 6.72. The first kappa shape index (κ1) is 13.3. The highest BCUT2D eigenvalue weighted by Crippen LogP contribution is 2.05. The van der Waals surface area contributed by atoms with E-state index >= 15 is 0 Å². The Labute approximate surface area is 112 Å². The summed E-state index contributed by atoms with van der Waals surface area (Å²) in [6.07, 6.45) is 8.04. The topological polar surface area (TPSA) is 57.8 Å². The lowest BCUT2D eigenvalue weighted by Crippen LogP contribution is -2.20. The van der Waals surface area contributed by atoms with Gasteiger partial charge in [0.05, 0.1) is 17.4 Å². The van der Waals surface area contributed by atoms with Crippen LogP contribution in [0.5, 0.6) is 0 Å². The summed E-state index contributed by atoms with van der Waals surface area (Å²) in [4.78, 5) is 19.0. The van der Waals surface area contributed by atoms with E-state index < -0.39 is 0 Å². The van der Waals surface area contributed by atoms with Gasteiger partial charge in [-0.3, -0.25) is 4.79 Å². The highest BCUT2D eigenvalue weighted by molar-refractivity contribution is 5.77. The number of nitrogens with one attached hydrogen (secondary N) is 2. The Morgan fingerprint density at radius 1 is 1.32 bits per heavy atom. The quantitative estimate of drug-likeness (QED) is 0.611. The number of para-hydroxylation sites is 1. The molecule has 0 aliphatic heterocycles. The van der Waals surface area contributed by atoms with Crippen LogP contribution in [-0.4, -0.2) is 16.5 Å². The molecule has 0 spiro atoms. The van der Waals surface area contributed by atoms with E-state index in [-0.39, 0.29) is 5.56 Å². The van der Waals surface area contributed by atoms with Crippen molar-refractivity contribution >= 4 is 10.9 Å². The van der Waals surface area contributed by atoms with Gasteiger partial charge in [-0.05, 0) is 31.5 Å². The van der Waals surface area contributed by atoms with Crippen molar-refractivity contribution in [2.45, 2.75) is 25.8 Å². The molecule has 2 rings (SSSR count). The molecular formula is C15H17N3O. The van der Waals surface area contributed by atoms with Gasteiger partial charge in [0, 0.05) is 6.42 Å². The van der Waals surface area contributed by atoms with Crippen molar-refractivity contribution in [2.24, 2.45) is 0 Å². The number of hydrogen-bond acceptors (Lipinski definition) is 3. The standard InChI is InChI=1S/C15H17N3O/c1-2-3-4-7-10-16-11-14-17-13-9-6-5-8-12(13)15(19)18-14/h1,5-6,8-9,16H,3-4,7,10-11H2,(H,17,18,19). The van der Waals surface area contributed by atoms with E-state index in [2.05, 4.69) is 21.2 Å². The third-order valence-electron chi connectivity index (χ3n) is 2.88. The fraction of sp³-hybridized carbons (Fsp3) is 0.333. The Morgan fingerprint density at radius 2 is 2.16 bits per heavy atom. The molecule has 1 aromatic heterocycles. The predicted octanol–water partition coefficient (Wildman–Crippen LogP) is 1.82. The molecule has 19 heavy (non-hydrogen) atoms. The summed E-state index contributed by atoms with van der Waals surface area (Å²) in [6.45, 7) is 1.44. The molecular weight excluding hydrogens is 238 g/mol. The molecule has 2 N–H and O–H groups in total. The smallest absolute Gasteiger partial charge is 0.258 e. The molecule has 4 heteroatoms. The van der Waals surface area contributed by atoms with Gasteiger partial charge in [0.15, 0.2) is 0 Å². The van der Waals surface area contributed by atoms with Gasteiger partial charge in [-0.15, -0.1) is 12.3 Å². The average Bonchev–Trinajstić information content (AvgIpc) is 2.43. The fourth-order valence-electron chi connectivity index (χ4n) is 1.90. The zero-order valence-electron chi connectivity index (χ0n) is 10.8. The summed E-state index contributed by atoms with van der Waals surface area (Å²) in [5.74, 6) is 3.28. The number of rotatable bonds is 6. The molecule has 98 valence electrons. The SMILES string of the molecule is C#CCCCCNCc1nc2ccccc2c(=O)[nH]1. The van der Waals surface area contributed by atoms with Gasteiger partial charge >= 0.3 is 0 Å². The van der Waals surface area contributed by atoms with Crippen LogP contribution in [0.15, 0.2) is 29.1 Å². The van der Waals surface area contributed by atoms with Gasteiger partial charge in [-0.25, -0.2) is 4.98 Å². The molecule has 0 atom stereocenters. The Morgan fingerprint density at radius 3 is 3.00 bits per heavy atom. The number of unbranched alkanes of at least 4 members (excludes halogenated alkanes) is 2. The minimum absolute atomic E-state index is 0.0882. The van der Waals surface area contributed by atoms with E-state index in [1.165, 1.54) is 0 Å². The molecule has 0 aliphatic carbocycles. The highest BCUT2D eigenvalue weighted by atomic mass is 16.1. The summed E-state index contributed by atoms with van der Waals surface area (Å²) in [5, 5.41) is 3.88. The normalized spacial score (nSPS) is 10.5. The van der Waals surface area contributed by atoms with Crippen LogP contribution < -0.4 is 10.9 Å². The van der Waals surface area contributed by atoms with Gasteiger partial charge in [-0.2, -0.15) is 0 Å². The minimum Gasteiger partial charge on any atom is -0.310 e. The Kier molecular flexibility index (Phi) is 4.71. The van der Waals surface area contributed by atoms with Gasteiger partial charge in [0.1, 0.15) is 5.82 Å². The highest BCUT2D eigenvalue weighted by Gasteiger charge is 2.02. The lowest BCUT2D eigenvalue weighted by Gasteiger charge is -2.04. The first-order valence-electron chi connectivity index (χ1n) is 6.43. The third-order valence-corrected chi connectivity index (χ3v) is 2.88. The summed E-state index contributed by atoms with van der Waals surface area (Å²) in [7, 11) is 0. The summed E-state index contributed by atoms with van der Waals surface area (Å²) in [5.41, 5.74) is 0.644. The van der Waals surface area contributed by atoms with E-state index in [0.717, 1.165) is 31.3 Å². The maximum absolute atomic E-state index is 11.8. The molecule has 0 radical (unpaired) electrons. The molecule has 0 amide bonds. The van der Waals surface area contributed by atoms with Crippen molar-refractivity contribution in [3.8, 4) is 12.3 Å². The first-order valence-corrected chi connectivity index (χ1v) is 6.43. The lowest BCUT2D eigenvalue weighted by atomic mass is 10.2. The van der Waals surface area contributed by atoms with Crippen LogP contribution >= 0.6 is 0 Å². The van der Waals surface area contributed by atoms with Crippen molar-refractivity contribution in [1.82, 2.24) is 15.3 Å². The van der Waals surface area contributed by atoms with Crippen LogP contribution in [0.2, 0.25) is 0 Å². The van der Waals surface area contributed by atoms with E-state index in [0.29, 0.717) is 17.8 Å². The number of hydrogen-bond donors (Lipinski definition) is 2. The largest absolute Gasteiger partial charge is 0.310 e. The number of nitrogens with zero attached hydrogens (tertiary/aromatic N) is 1. The van der Waals surface area contributed by atoms with Crippen LogP contribution in [0.3, 0.4) is 0 Å². The summed E-state index contributed by atoms with van der Waals surface area (Å²) in [6, 6.07) is 7.34. The predicted molar refractivity (Wildman–Crippen MR) is 76.8 cm³/mol. The van der Waals surface area contributed by atoms with Crippen LogP contribution in [0.4, 0.5) is 0 Å². The van der Waals surface area contributed by atoms with Crippen molar-refractivity contribution in [3.63, 3.8) is 0 Å². The average molecular weight is 255 g/mol. The second-order valence-electron chi connectivity index (χ2n) is 4.37. The molecule has 0 saturated carbocycles. The Hall–Kier alpha value is -2.12. The van der Waals surface area contributed by atoms with Crippen molar-refractivity contribution in [2.75, 3.05) is 6.54 Å². The van der Waals surface area contributed by atoms with Crippen molar-refractivity contribution in [3.05, 3.63) is 40.4 Å². The summed E-state index contributed by atoms with van der Waals surface area (Å²) < 4.78 is 0. The van der Waals surface area contributed by atoms with Crippen LogP contribution in [0.1, 0.15) is 25.1 Å². The molecule has 2 aromatic rings. The van der Waals surface area contributed by atoms with Gasteiger partial charge in [0.2, 0.25) is 0 Å². The fourth-order valence-corrected chi connectivity index (χ4v) is 1.90. The van der Waals surface area contributed by atoms with Crippen LogP contribution in [0, 0.1) is 12.3 Å². The molecule has 0 aliphatic rings. The molecule has 1 heterocycles. The number of aromatic nitrogens is 2. The number of aromatic amines is 1. The van der Waals surface area contributed by atoms with Gasteiger partial charge in [0.25, 0.3) is 5.56 Å². The second-order valence-corrected chi connectivity index (χ2v) is 4.37. The van der Waals surface area contributed by atoms with E-state index in [1.54, 1.807) is 6.07 Å². The van der Waals surface area contributed by atoms with E-state index in [1.807, 2.05) is 18.2 Å². The maximum atomic E-state index is 11.8. The van der Waals surface area contributed by atoms with Crippen LogP contribution in [0.25, 0.3) is 10.9 Å². The van der Waals surface area contributed by atoms with Gasteiger partial charge in [-0.1, -0.05) is 12.1 Å². The monoisotopic (exact) mass is 255 g/mol. The zero-order chi connectivity index (χ0) is 13.5. The molecule has 0 saturated heterocycles.